The van der Waals surface area contributed by atoms with Crippen molar-refractivity contribution in [3.05, 3.63) is 47.7 Å². The van der Waals surface area contributed by atoms with Gasteiger partial charge in [-0.15, -0.1) is 0 Å². The second-order valence-electron chi connectivity index (χ2n) is 6.36. The lowest BCUT2D eigenvalue weighted by atomic mass is 10.1. The van der Waals surface area contributed by atoms with E-state index >= 15 is 0 Å². The molecule has 0 bridgehead atoms. The maximum Gasteiger partial charge on any atom is 0.135 e. The van der Waals surface area contributed by atoms with E-state index in [1.165, 1.54) is 17.7 Å². The number of hydrogen-bond acceptors (Lipinski definition) is 5. The number of aryl methyl sites for hydroxylation is 1. The molecule has 0 unspecified atom stereocenters. The van der Waals surface area contributed by atoms with Gasteiger partial charge in [0, 0.05) is 36.7 Å². The summed E-state index contributed by atoms with van der Waals surface area (Å²) in [5.41, 5.74) is 3.74. The number of aromatic nitrogens is 3. The van der Waals surface area contributed by atoms with Crippen LogP contribution in [0.25, 0.3) is 0 Å². The van der Waals surface area contributed by atoms with E-state index < -0.39 is 0 Å². The van der Waals surface area contributed by atoms with Crippen LogP contribution in [0.1, 0.15) is 36.1 Å². The van der Waals surface area contributed by atoms with E-state index in [-0.39, 0.29) is 6.10 Å². The summed E-state index contributed by atoms with van der Waals surface area (Å²) in [7, 11) is 0. The standard InChI is InChI=1S/C18H22N4O/c1-6-16-17(7-1)20-13-21-18(16)22-9-3-5-15(11-22)23-12-14-4-2-8-19-10-14/h2,4,8,10,13,15H,1,3,5-7,9,11-12H2/t15-/m0/s1. The molecule has 3 heterocycles. The highest BCUT2D eigenvalue weighted by Gasteiger charge is 2.26. The molecule has 1 aliphatic heterocycles. The Bertz CT molecular complexity index is 661. The van der Waals surface area contributed by atoms with E-state index in [9.17, 15) is 0 Å². The van der Waals surface area contributed by atoms with Gasteiger partial charge in [-0.2, -0.15) is 0 Å². The Kier molecular flexibility index (Phi) is 4.20. The summed E-state index contributed by atoms with van der Waals surface area (Å²) in [6.07, 6.45) is 11.3. The van der Waals surface area contributed by atoms with Gasteiger partial charge in [-0.05, 0) is 43.7 Å². The second kappa shape index (κ2) is 6.62. The van der Waals surface area contributed by atoms with E-state index in [2.05, 4.69) is 25.9 Å². The van der Waals surface area contributed by atoms with Gasteiger partial charge >= 0.3 is 0 Å². The number of rotatable bonds is 4. The summed E-state index contributed by atoms with van der Waals surface area (Å²) in [6.45, 7) is 2.62. The lowest BCUT2D eigenvalue weighted by Gasteiger charge is -2.34. The van der Waals surface area contributed by atoms with E-state index in [4.69, 9.17) is 4.74 Å². The first-order chi connectivity index (χ1) is 11.4. The first kappa shape index (κ1) is 14.6. The predicted molar refractivity (Wildman–Crippen MR) is 88.3 cm³/mol. The maximum absolute atomic E-state index is 6.12. The first-order valence-corrected chi connectivity index (χ1v) is 8.48. The second-order valence-corrected chi connectivity index (χ2v) is 6.36. The Morgan fingerprint density at radius 2 is 2.22 bits per heavy atom. The third-order valence-electron chi connectivity index (χ3n) is 4.74. The molecule has 23 heavy (non-hydrogen) atoms. The molecule has 2 aliphatic rings. The number of ether oxygens (including phenoxy) is 1. The average Bonchev–Trinajstić information content (AvgIpc) is 3.10. The van der Waals surface area contributed by atoms with Crippen molar-refractivity contribution >= 4 is 5.82 Å². The zero-order valence-corrected chi connectivity index (χ0v) is 13.3. The van der Waals surface area contributed by atoms with Gasteiger partial charge in [-0.25, -0.2) is 9.97 Å². The molecule has 5 nitrogen and oxygen atoms in total. The molecule has 120 valence electrons. The minimum Gasteiger partial charge on any atom is -0.372 e. The smallest absolute Gasteiger partial charge is 0.135 e. The minimum absolute atomic E-state index is 0.260. The largest absolute Gasteiger partial charge is 0.372 e. The molecule has 0 radical (unpaired) electrons. The Morgan fingerprint density at radius 1 is 1.22 bits per heavy atom. The average molecular weight is 310 g/mol. The number of nitrogens with zero attached hydrogens (tertiary/aromatic N) is 4. The highest BCUT2D eigenvalue weighted by atomic mass is 16.5. The molecule has 1 fully saturated rings. The Hall–Kier alpha value is -2.01. The molecule has 2 aromatic rings. The van der Waals surface area contributed by atoms with Crippen LogP contribution in [0.15, 0.2) is 30.9 Å². The van der Waals surface area contributed by atoms with Crippen molar-refractivity contribution in [2.24, 2.45) is 0 Å². The van der Waals surface area contributed by atoms with Crippen LogP contribution < -0.4 is 4.90 Å². The first-order valence-electron chi connectivity index (χ1n) is 8.48. The van der Waals surface area contributed by atoms with E-state index in [1.807, 2.05) is 12.3 Å². The fraction of sp³-hybridized carbons (Fsp3) is 0.500. The molecule has 1 atom stereocenters. The number of hydrogen-bond donors (Lipinski definition) is 0. The van der Waals surface area contributed by atoms with E-state index in [1.54, 1.807) is 12.5 Å². The van der Waals surface area contributed by atoms with Crippen LogP contribution in [0.3, 0.4) is 0 Å². The van der Waals surface area contributed by atoms with Crippen molar-refractivity contribution in [3.63, 3.8) is 0 Å². The highest BCUT2D eigenvalue weighted by Crippen LogP contribution is 2.30. The van der Waals surface area contributed by atoms with Crippen molar-refractivity contribution in [2.45, 2.75) is 44.8 Å². The summed E-state index contributed by atoms with van der Waals surface area (Å²) in [4.78, 5) is 15.5. The van der Waals surface area contributed by atoms with Gasteiger partial charge in [0.05, 0.1) is 12.7 Å². The van der Waals surface area contributed by atoms with Gasteiger partial charge < -0.3 is 9.64 Å². The molecule has 0 spiro atoms. The molecule has 5 heteroatoms. The van der Waals surface area contributed by atoms with Crippen molar-refractivity contribution < 1.29 is 4.74 Å². The number of piperidine rings is 1. The molecule has 0 aromatic carbocycles. The Morgan fingerprint density at radius 3 is 3.13 bits per heavy atom. The molecule has 1 saturated heterocycles. The zero-order valence-electron chi connectivity index (χ0n) is 13.3. The zero-order chi connectivity index (χ0) is 15.5. The van der Waals surface area contributed by atoms with Gasteiger partial charge in [-0.3, -0.25) is 4.98 Å². The van der Waals surface area contributed by atoms with Gasteiger partial charge in [0.25, 0.3) is 0 Å². The highest BCUT2D eigenvalue weighted by molar-refractivity contribution is 5.50. The van der Waals surface area contributed by atoms with Crippen LogP contribution in [0.4, 0.5) is 5.82 Å². The molecule has 4 rings (SSSR count). The summed E-state index contributed by atoms with van der Waals surface area (Å²) in [5, 5.41) is 0. The lowest BCUT2D eigenvalue weighted by Crippen LogP contribution is -2.40. The fourth-order valence-electron chi connectivity index (χ4n) is 3.58. The quantitative estimate of drug-likeness (QED) is 0.868. The fourth-order valence-corrected chi connectivity index (χ4v) is 3.58. The Labute approximate surface area is 136 Å². The number of pyridine rings is 1. The van der Waals surface area contributed by atoms with E-state index in [0.717, 1.165) is 50.2 Å². The third kappa shape index (κ3) is 3.20. The van der Waals surface area contributed by atoms with Gasteiger partial charge in [0.2, 0.25) is 0 Å². The molecule has 0 N–H and O–H groups in total. The summed E-state index contributed by atoms with van der Waals surface area (Å²) in [5.74, 6) is 1.14. The van der Waals surface area contributed by atoms with Crippen LogP contribution in [0.5, 0.6) is 0 Å². The van der Waals surface area contributed by atoms with Crippen molar-refractivity contribution in [1.29, 1.82) is 0 Å². The third-order valence-corrected chi connectivity index (χ3v) is 4.74. The molecular weight excluding hydrogens is 288 g/mol. The summed E-state index contributed by atoms with van der Waals surface area (Å²) in [6, 6.07) is 4.01. The minimum atomic E-state index is 0.260. The molecule has 2 aromatic heterocycles. The number of fused-ring (bicyclic) bond motifs is 1. The van der Waals surface area contributed by atoms with Crippen LogP contribution in [-0.4, -0.2) is 34.1 Å². The van der Waals surface area contributed by atoms with Crippen LogP contribution >= 0.6 is 0 Å². The monoisotopic (exact) mass is 310 g/mol. The van der Waals surface area contributed by atoms with Crippen LogP contribution in [0.2, 0.25) is 0 Å². The van der Waals surface area contributed by atoms with Crippen molar-refractivity contribution in [3.8, 4) is 0 Å². The maximum atomic E-state index is 6.12. The van der Waals surface area contributed by atoms with Gasteiger partial charge in [0.1, 0.15) is 12.1 Å². The Balaban J connectivity index is 1.42. The van der Waals surface area contributed by atoms with Gasteiger partial charge in [0.15, 0.2) is 0 Å². The molecule has 1 aliphatic carbocycles. The normalized spacial score (nSPS) is 20.5. The topological polar surface area (TPSA) is 51.1 Å². The van der Waals surface area contributed by atoms with E-state index in [0.29, 0.717) is 6.61 Å². The lowest BCUT2D eigenvalue weighted by molar-refractivity contribution is 0.0313. The van der Waals surface area contributed by atoms with Crippen molar-refractivity contribution in [2.75, 3.05) is 18.0 Å². The SMILES string of the molecule is c1cncc(CO[C@H]2CCCN(c3ncnc4c3CCC4)C2)c1. The van der Waals surface area contributed by atoms with Crippen LogP contribution in [-0.2, 0) is 24.2 Å². The summed E-state index contributed by atoms with van der Waals surface area (Å²) >= 11 is 0. The van der Waals surface area contributed by atoms with Crippen molar-refractivity contribution in [1.82, 2.24) is 15.0 Å². The summed E-state index contributed by atoms with van der Waals surface area (Å²) < 4.78 is 6.12. The predicted octanol–water partition coefficient (Wildman–Crippen LogP) is 2.55. The van der Waals surface area contributed by atoms with Crippen LogP contribution in [0, 0.1) is 0 Å². The molecular formula is C18H22N4O. The van der Waals surface area contributed by atoms with Gasteiger partial charge in [-0.1, -0.05) is 6.07 Å². The molecule has 0 amide bonds. The molecule has 0 saturated carbocycles. The number of anilines is 1.